The predicted molar refractivity (Wildman–Crippen MR) is 114 cm³/mol. The van der Waals surface area contributed by atoms with Crippen LogP contribution in [-0.2, 0) is 5.75 Å². The van der Waals surface area contributed by atoms with Crippen LogP contribution in [0.1, 0.15) is 16.1 Å². The molecule has 4 aromatic rings. The quantitative estimate of drug-likeness (QED) is 0.413. The highest BCUT2D eigenvalue weighted by Gasteiger charge is 2.13. The maximum atomic E-state index is 12.4. The molecule has 0 aliphatic heterocycles. The van der Waals surface area contributed by atoms with Crippen LogP contribution in [0.4, 0.5) is 0 Å². The molecule has 0 unspecified atom stereocenters. The molecule has 1 N–H and O–H groups in total. The Balaban J connectivity index is 1.36. The van der Waals surface area contributed by atoms with Gasteiger partial charge in [-0.3, -0.25) is 4.79 Å². The molecule has 0 bridgehead atoms. The number of carbonyl (C=O) groups excluding carboxylic acids is 1. The lowest BCUT2D eigenvalue weighted by Crippen LogP contribution is -2.25. The molecular formula is C22H18ClNO2S. The molecule has 0 spiro atoms. The van der Waals surface area contributed by atoms with Gasteiger partial charge in [-0.05, 0) is 34.5 Å². The summed E-state index contributed by atoms with van der Waals surface area (Å²) in [7, 11) is 0. The first-order valence-corrected chi connectivity index (χ1v) is 10.3. The van der Waals surface area contributed by atoms with Crippen molar-refractivity contribution in [1.29, 1.82) is 0 Å². The van der Waals surface area contributed by atoms with Gasteiger partial charge in [0.25, 0.3) is 5.91 Å². The highest BCUT2D eigenvalue weighted by molar-refractivity contribution is 7.98. The van der Waals surface area contributed by atoms with E-state index in [2.05, 4.69) is 11.4 Å². The van der Waals surface area contributed by atoms with E-state index in [1.165, 1.54) is 0 Å². The Morgan fingerprint density at radius 1 is 1.00 bits per heavy atom. The largest absolute Gasteiger partial charge is 0.451 e. The van der Waals surface area contributed by atoms with Gasteiger partial charge >= 0.3 is 0 Å². The summed E-state index contributed by atoms with van der Waals surface area (Å²) >= 11 is 7.89. The summed E-state index contributed by atoms with van der Waals surface area (Å²) in [5, 5.41) is 6.89. The average molecular weight is 396 g/mol. The van der Waals surface area contributed by atoms with Gasteiger partial charge in [0.1, 0.15) is 5.58 Å². The lowest BCUT2D eigenvalue weighted by Gasteiger charge is -2.05. The molecule has 0 saturated heterocycles. The van der Waals surface area contributed by atoms with Gasteiger partial charge in [0.05, 0.1) is 0 Å². The van der Waals surface area contributed by atoms with Crippen LogP contribution in [-0.4, -0.2) is 18.2 Å². The van der Waals surface area contributed by atoms with Gasteiger partial charge in [-0.15, -0.1) is 0 Å². The molecule has 0 radical (unpaired) electrons. The van der Waals surface area contributed by atoms with Crippen LogP contribution in [0.3, 0.4) is 0 Å². The fourth-order valence-corrected chi connectivity index (χ4v) is 4.17. The predicted octanol–water partition coefficient (Wildman–Crippen LogP) is 5.90. The summed E-state index contributed by atoms with van der Waals surface area (Å²) in [6.07, 6.45) is 0. The van der Waals surface area contributed by atoms with E-state index in [0.717, 1.165) is 43.8 Å². The Labute approximate surface area is 166 Å². The first kappa shape index (κ1) is 18.0. The van der Waals surface area contributed by atoms with Crippen LogP contribution >= 0.6 is 23.4 Å². The Morgan fingerprint density at radius 2 is 1.81 bits per heavy atom. The summed E-state index contributed by atoms with van der Waals surface area (Å²) in [6.45, 7) is 0.575. The number of hydrogen-bond donors (Lipinski definition) is 1. The molecular weight excluding hydrogens is 378 g/mol. The third kappa shape index (κ3) is 3.97. The number of thioether (sulfide) groups is 1. The lowest BCUT2D eigenvalue weighted by molar-refractivity contribution is 0.0930. The monoisotopic (exact) mass is 395 g/mol. The van der Waals surface area contributed by atoms with E-state index in [1.807, 2.05) is 60.7 Å². The van der Waals surface area contributed by atoms with Crippen LogP contribution in [0.5, 0.6) is 0 Å². The van der Waals surface area contributed by atoms with Crippen molar-refractivity contribution < 1.29 is 9.21 Å². The molecule has 0 aliphatic rings. The van der Waals surface area contributed by atoms with E-state index in [0.29, 0.717) is 12.3 Å². The summed E-state index contributed by atoms with van der Waals surface area (Å²) in [5.74, 6) is 1.79. The molecule has 1 heterocycles. The number of halogens is 1. The first-order chi connectivity index (χ1) is 13.2. The van der Waals surface area contributed by atoms with Gasteiger partial charge in [0.2, 0.25) is 0 Å². The smallest absolute Gasteiger partial charge is 0.287 e. The molecule has 1 aromatic heterocycles. The van der Waals surface area contributed by atoms with Gasteiger partial charge in [-0.25, -0.2) is 0 Å². The Hall–Kier alpha value is -2.43. The van der Waals surface area contributed by atoms with Crippen LogP contribution < -0.4 is 5.32 Å². The van der Waals surface area contributed by atoms with Crippen LogP contribution in [0, 0.1) is 0 Å². The van der Waals surface area contributed by atoms with Crippen molar-refractivity contribution >= 4 is 51.0 Å². The minimum absolute atomic E-state index is 0.186. The van der Waals surface area contributed by atoms with Crippen LogP contribution in [0.15, 0.2) is 71.1 Å². The standard InChI is InChI=1S/C22H18ClNO2S/c23-19-8-4-2-6-16(19)14-27-12-11-24-22(25)21-13-18-17-7-3-1-5-15(17)9-10-20(18)26-21/h1-10,13H,11-12,14H2,(H,24,25). The van der Waals surface area contributed by atoms with Crippen molar-refractivity contribution in [3.8, 4) is 0 Å². The van der Waals surface area contributed by atoms with E-state index >= 15 is 0 Å². The van der Waals surface area contributed by atoms with E-state index in [9.17, 15) is 4.79 Å². The third-order valence-corrected chi connectivity index (χ3v) is 5.77. The summed E-state index contributed by atoms with van der Waals surface area (Å²) in [5.41, 5.74) is 1.84. The van der Waals surface area contributed by atoms with Gasteiger partial charge in [0, 0.05) is 28.5 Å². The van der Waals surface area contributed by atoms with Crippen molar-refractivity contribution in [3.63, 3.8) is 0 Å². The van der Waals surface area contributed by atoms with Crippen LogP contribution in [0.25, 0.3) is 21.7 Å². The molecule has 27 heavy (non-hydrogen) atoms. The van der Waals surface area contributed by atoms with Crippen molar-refractivity contribution in [2.45, 2.75) is 5.75 Å². The summed E-state index contributed by atoms with van der Waals surface area (Å²) < 4.78 is 5.74. The number of amides is 1. The van der Waals surface area contributed by atoms with Gasteiger partial charge in [-0.2, -0.15) is 11.8 Å². The molecule has 136 valence electrons. The molecule has 3 aromatic carbocycles. The van der Waals surface area contributed by atoms with Crippen LogP contribution in [0.2, 0.25) is 5.02 Å². The molecule has 0 aliphatic carbocycles. The Kier molecular flexibility index (Phi) is 5.37. The van der Waals surface area contributed by atoms with Gasteiger partial charge < -0.3 is 9.73 Å². The number of rotatable bonds is 6. The maximum Gasteiger partial charge on any atom is 0.287 e. The Morgan fingerprint density at radius 3 is 2.70 bits per heavy atom. The Bertz CT molecular complexity index is 1110. The number of hydrogen-bond acceptors (Lipinski definition) is 3. The number of nitrogens with one attached hydrogen (secondary N) is 1. The fraction of sp³-hybridized carbons (Fsp3) is 0.136. The molecule has 3 nitrogen and oxygen atoms in total. The van der Waals surface area contributed by atoms with E-state index in [4.69, 9.17) is 16.0 Å². The molecule has 0 saturated carbocycles. The van der Waals surface area contributed by atoms with Crippen molar-refractivity contribution in [2.24, 2.45) is 0 Å². The number of furan rings is 1. The van der Waals surface area contributed by atoms with Gasteiger partial charge in [-0.1, -0.05) is 60.1 Å². The minimum Gasteiger partial charge on any atom is -0.451 e. The lowest BCUT2D eigenvalue weighted by atomic mass is 10.1. The van der Waals surface area contributed by atoms with Gasteiger partial charge in [0.15, 0.2) is 5.76 Å². The number of fused-ring (bicyclic) bond motifs is 3. The highest BCUT2D eigenvalue weighted by atomic mass is 35.5. The molecule has 4 rings (SSSR count). The first-order valence-electron chi connectivity index (χ1n) is 8.73. The normalized spacial score (nSPS) is 11.1. The summed E-state index contributed by atoms with van der Waals surface area (Å²) in [6, 6.07) is 21.6. The highest BCUT2D eigenvalue weighted by Crippen LogP contribution is 2.28. The average Bonchev–Trinajstić information content (AvgIpc) is 3.14. The molecule has 5 heteroatoms. The second-order valence-electron chi connectivity index (χ2n) is 6.21. The molecule has 1 amide bonds. The maximum absolute atomic E-state index is 12.4. The number of carbonyl (C=O) groups is 1. The van der Waals surface area contributed by atoms with E-state index < -0.39 is 0 Å². The SMILES string of the molecule is O=C(NCCSCc1ccccc1Cl)c1cc2c(ccc3ccccc32)o1. The zero-order chi connectivity index (χ0) is 18.6. The van der Waals surface area contributed by atoms with Crippen molar-refractivity contribution in [3.05, 3.63) is 83.1 Å². The fourth-order valence-electron chi connectivity index (χ4n) is 3.03. The molecule has 0 fully saturated rings. The van der Waals surface area contributed by atoms with E-state index in [-0.39, 0.29) is 5.91 Å². The minimum atomic E-state index is -0.186. The second kappa shape index (κ2) is 8.07. The summed E-state index contributed by atoms with van der Waals surface area (Å²) in [4.78, 5) is 12.4. The van der Waals surface area contributed by atoms with E-state index in [1.54, 1.807) is 11.8 Å². The van der Waals surface area contributed by atoms with Crippen molar-refractivity contribution in [1.82, 2.24) is 5.32 Å². The second-order valence-corrected chi connectivity index (χ2v) is 7.72. The zero-order valence-electron chi connectivity index (χ0n) is 14.6. The molecule has 0 atom stereocenters. The third-order valence-electron chi connectivity index (χ3n) is 4.40. The zero-order valence-corrected chi connectivity index (χ0v) is 16.1. The topological polar surface area (TPSA) is 42.2 Å². The number of benzene rings is 3. The van der Waals surface area contributed by atoms with Crippen molar-refractivity contribution in [2.75, 3.05) is 12.3 Å².